The number of pyridine rings is 1. The molecule has 0 bridgehead atoms. The average Bonchev–Trinajstić information content (AvgIpc) is 1.96. The first-order chi connectivity index (χ1) is 5.59. The molecule has 1 heterocycles. The third-order valence-corrected chi connectivity index (χ3v) is 1.57. The van der Waals surface area contributed by atoms with Crippen molar-refractivity contribution in [2.75, 3.05) is 5.73 Å². The highest BCUT2D eigenvalue weighted by molar-refractivity contribution is 5.31. The summed E-state index contributed by atoms with van der Waals surface area (Å²) in [5.41, 5.74) is 6.13. The van der Waals surface area contributed by atoms with Gasteiger partial charge in [-0.3, -0.25) is 0 Å². The first-order valence-electron chi connectivity index (χ1n) is 3.99. The Labute approximate surface area is 71.6 Å². The number of nitrogens with zero attached hydrogens (tertiary/aromatic N) is 1. The molecule has 66 valence electrons. The topological polar surface area (TPSA) is 38.9 Å². The van der Waals surface area contributed by atoms with Crippen molar-refractivity contribution >= 4 is 5.82 Å². The summed E-state index contributed by atoms with van der Waals surface area (Å²) in [6.07, 6.45) is 2.46. The summed E-state index contributed by atoms with van der Waals surface area (Å²) in [6, 6.07) is 1.45. The molecule has 0 unspecified atom stereocenters. The lowest BCUT2D eigenvalue weighted by atomic mass is 10.1. The first kappa shape index (κ1) is 8.97. The molecular weight excluding hydrogens is 155 g/mol. The fraction of sp³-hybridized carbons (Fsp3) is 0.444. The van der Waals surface area contributed by atoms with Gasteiger partial charge in [0.1, 0.15) is 0 Å². The maximum absolute atomic E-state index is 12.8. The number of rotatable bonds is 2. The van der Waals surface area contributed by atoms with Crippen LogP contribution in [0.2, 0.25) is 0 Å². The third kappa shape index (κ3) is 2.19. The lowest BCUT2D eigenvalue weighted by molar-refractivity contribution is 0.610. The maximum atomic E-state index is 12.8. The van der Waals surface area contributed by atoms with Crippen LogP contribution in [0.5, 0.6) is 0 Å². The molecule has 3 heteroatoms. The van der Waals surface area contributed by atoms with Gasteiger partial charge in [0.25, 0.3) is 0 Å². The minimum Gasteiger partial charge on any atom is -0.381 e. The van der Waals surface area contributed by atoms with Crippen molar-refractivity contribution in [2.24, 2.45) is 5.92 Å². The van der Waals surface area contributed by atoms with Crippen LogP contribution in [0.25, 0.3) is 0 Å². The normalized spacial score (nSPS) is 10.7. The number of hydrogen-bond acceptors (Lipinski definition) is 2. The van der Waals surface area contributed by atoms with E-state index < -0.39 is 5.82 Å². The molecule has 0 radical (unpaired) electrons. The molecule has 1 rings (SSSR count). The van der Waals surface area contributed by atoms with E-state index in [1.807, 2.05) is 0 Å². The molecule has 1 aromatic heterocycles. The molecule has 0 amide bonds. The van der Waals surface area contributed by atoms with Gasteiger partial charge in [-0.25, -0.2) is 9.37 Å². The highest BCUT2D eigenvalue weighted by Gasteiger charge is 2.02. The van der Waals surface area contributed by atoms with Gasteiger partial charge in [-0.05, 0) is 24.0 Å². The minimum absolute atomic E-state index is 0.0255. The molecule has 0 spiro atoms. The van der Waals surface area contributed by atoms with E-state index in [0.717, 1.165) is 12.0 Å². The van der Waals surface area contributed by atoms with Crippen LogP contribution in [-0.4, -0.2) is 4.98 Å². The van der Waals surface area contributed by atoms with Gasteiger partial charge in [0.05, 0.1) is 0 Å². The zero-order chi connectivity index (χ0) is 9.14. The Morgan fingerprint density at radius 2 is 2.25 bits per heavy atom. The van der Waals surface area contributed by atoms with Crippen LogP contribution in [0.15, 0.2) is 12.3 Å². The van der Waals surface area contributed by atoms with Crippen molar-refractivity contribution in [1.29, 1.82) is 0 Å². The number of halogens is 1. The Bertz CT molecular complexity index is 271. The van der Waals surface area contributed by atoms with E-state index in [0.29, 0.717) is 5.92 Å². The van der Waals surface area contributed by atoms with E-state index in [2.05, 4.69) is 18.8 Å². The molecule has 0 fully saturated rings. The van der Waals surface area contributed by atoms with Gasteiger partial charge in [-0.2, -0.15) is 0 Å². The summed E-state index contributed by atoms with van der Waals surface area (Å²) in [6.45, 7) is 4.16. The van der Waals surface area contributed by atoms with E-state index in [4.69, 9.17) is 5.73 Å². The Morgan fingerprint density at radius 1 is 1.58 bits per heavy atom. The van der Waals surface area contributed by atoms with Crippen LogP contribution in [0.1, 0.15) is 19.4 Å². The van der Waals surface area contributed by atoms with Crippen molar-refractivity contribution in [3.63, 3.8) is 0 Å². The zero-order valence-electron chi connectivity index (χ0n) is 7.34. The average molecular weight is 168 g/mol. The van der Waals surface area contributed by atoms with E-state index in [-0.39, 0.29) is 5.82 Å². The number of hydrogen-bond donors (Lipinski definition) is 1. The largest absolute Gasteiger partial charge is 0.381 e. The Balaban J connectivity index is 2.82. The quantitative estimate of drug-likeness (QED) is 0.733. The molecule has 0 saturated carbocycles. The Morgan fingerprint density at radius 3 is 2.75 bits per heavy atom. The van der Waals surface area contributed by atoms with Crippen LogP contribution in [-0.2, 0) is 6.42 Å². The molecule has 1 aromatic rings. The van der Waals surface area contributed by atoms with Crippen LogP contribution in [0.4, 0.5) is 10.2 Å². The molecule has 2 nitrogen and oxygen atoms in total. The van der Waals surface area contributed by atoms with Crippen molar-refractivity contribution in [2.45, 2.75) is 20.3 Å². The predicted molar refractivity (Wildman–Crippen MR) is 47.1 cm³/mol. The molecule has 0 aromatic carbocycles. The van der Waals surface area contributed by atoms with Crippen LogP contribution < -0.4 is 5.73 Å². The molecule has 12 heavy (non-hydrogen) atoms. The number of anilines is 1. The van der Waals surface area contributed by atoms with Gasteiger partial charge in [0, 0.05) is 6.20 Å². The monoisotopic (exact) mass is 168 g/mol. The minimum atomic E-state index is -0.423. The number of nitrogens with two attached hydrogens (primary N) is 1. The van der Waals surface area contributed by atoms with Gasteiger partial charge >= 0.3 is 0 Å². The van der Waals surface area contributed by atoms with Crippen molar-refractivity contribution in [1.82, 2.24) is 4.98 Å². The second-order valence-corrected chi connectivity index (χ2v) is 3.31. The zero-order valence-corrected chi connectivity index (χ0v) is 7.34. The SMILES string of the molecule is CC(C)Cc1cnc(N)c(F)c1. The van der Waals surface area contributed by atoms with Crippen LogP contribution >= 0.6 is 0 Å². The van der Waals surface area contributed by atoms with Crippen LogP contribution in [0.3, 0.4) is 0 Å². The van der Waals surface area contributed by atoms with Crippen molar-refractivity contribution < 1.29 is 4.39 Å². The molecule has 0 atom stereocenters. The van der Waals surface area contributed by atoms with E-state index in [1.165, 1.54) is 6.07 Å². The third-order valence-electron chi connectivity index (χ3n) is 1.57. The smallest absolute Gasteiger partial charge is 0.165 e. The molecule has 0 aliphatic rings. The molecule has 0 aliphatic heterocycles. The van der Waals surface area contributed by atoms with E-state index >= 15 is 0 Å². The lowest BCUT2D eigenvalue weighted by Crippen LogP contribution is -1.99. The number of nitrogen functional groups attached to an aromatic ring is 1. The Hall–Kier alpha value is -1.12. The predicted octanol–water partition coefficient (Wildman–Crippen LogP) is 2.00. The summed E-state index contributed by atoms with van der Waals surface area (Å²) < 4.78 is 12.8. The fourth-order valence-electron chi connectivity index (χ4n) is 1.07. The van der Waals surface area contributed by atoms with Gasteiger partial charge in [0.2, 0.25) is 0 Å². The van der Waals surface area contributed by atoms with E-state index in [9.17, 15) is 4.39 Å². The molecule has 0 aliphatic carbocycles. The van der Waals surface area contributed by atoms with Gasteiger partial charge < -0.3 is 5.73 Å². The second-order valence-electron chi connectivity index (χ2n) is 3.31. The first-order valence-corrected chi connectivity index (χ1v) is 3.99. The highest BCUT2D eigenvalue weighted by atomic mass is 19.1. The van der Waals surface area contributed by atoms with E-state index in [1.54, 1.807) is 6.20 Å². The molecule has 2 N–H and O–H groups in total. The van der Waals surface area contributed by atoms with Crippen molar-refractivity contribution in [3.8, 4) is 0 Å². The number of aromatic nitrogens is 1. The summed E-state index contributed by atoms with van der Waals surface area (Å²) in [7, 11) is 0. The van der Waals surface area contributed by atoms with Gasteiger partial charge in [-0.1, -0.05) is 13.8 Å². The Kier molecular flexibility index (Phi) is 2.63. The second kappa shape index (κ2) is 3.52. The summed E-state index contributed by atoms with van der Waals surface area (Å²) in [4.78, 5) is 3.73. The van der Waals surface area contributed by atoms with Crippen molar-refractivity contribution in [3.05, 3.63) is 23.6 Å². The fourth-order valence-corrected chi connectivity index (χ4v) is 1.07. The summed E-state index contributed by atoms with van der Waals surface area (Å²) >= 11 is 0. The standard InChI is InChI=1S/C9H13FN2/c1-6(2)3-7-4-8(10)9(11)12-5-7/h4-6H,3H2,1-2H3,(H2,11,12). The summed E-state index contributed by atoms with van der Waals surface area (Å²) in [5.74, 6) is 0.0606. The highest BCUT2D eigenvalue weighted by Crippen LogP contribution is 2.11. The molecular formula is C9H13FN2. The summed E-state index contributed by atoms with van der Waals surface area (Å²) in [5, 5.41) is 0. The maximum Gasteiger partial charge on any atom is 0.165 e. The molecule has 0 saturated heterocycles. The van der Waals surface area contributed by atoms with Gasteiger partial charge in [-0.15, -0.1) is 0 Å². The van der Waals surface area contributed by atoms with Crippen LogP contribution in [0, 0.1) is 11.7 Å². The lowest BCUT2D eigenvalue weighted by Gasteiger charge is -2.04. The van der Waals surface area contributed by atoms with Gasteiger partial charge in [0.15, 0.2) is 11.6 Å².